The van der Waals surface area contributed by atoms with Crippen LogP contribution in [0.5, 0.6) is 0 Å². The molecule has 0 atom stereocenters. The monoisotopic (exact) mass is 297 g/mol. The van der Waals surface area contributed by atoms with E-state index in [2.05, 4.69) is 11.0 Å². The number of terminal acetylenes is 1. The molecule has 0 saturated carbocycles. The third-order valence-corrected chi connectivity index (χ3v) is 3.15. The number of rotatable bonds is 6. The quantitative estimate of drug-likeness (QED) is 0.770. The Bertz CT molecular complexity index is 643. The van der Waals surface area contributed by atoms with Crippen LogP contribution in [0.4, 0.5) is 4.79 Å². The Morgan fingerprint density at radius 3 is 2.82 bits per heavy atom. The van der Waals surface area contributed by atoms with Gasteiger partial charge in [-0.05, 0) is 18.6 Å². The molecule has 0 aliphatic rings. The fraction of sp³-hybridized carbons (Fsp3) is 0.294. The standard InChI is InChI=1S/C17H19N3O2/c1-3-11-20-12-10-16(18-20)13-19(4-2)17(21)22-14-15-8-6-5-7-9-15/h1,5-10,12H,4,11,13-14H2,2H3. The zero-order chi connectivity index (χ0) is 15.8. The minimum absolute atomic E-state index is 0.266. The lowest BCUT2D eigenvalue weighted by Crippen LogP contribution is -2.31. The number of carbonyl (C=O) groups is 1. The van der Waals surface area contributed by atoms with Gasteiger partial charge in [-0.3, -0.25) is 4.68 Å². The maximum absolute atomic E-state index is 12.1. The first-order chi connectivity index (χ1) is 10.7. The SMILES string of the molecule is C#CCn1ccc(CN(CC)C(=O)OCc2ccccc2)n1. The topological polar surface area (TPSA) is 47.4 Å². The highest BCUT2D eigenvalue weighted by molar-refractivity contribution is 5.67. The number of nitrogens with zero attached hydrogens (tertiary/aromatic N) is 3. The van der Waals surface area contributed by atoms with E-state index in [-0.39, 0.29) is 12.7 Å². The molecule has 1 aromatic carbocycles. The van der Waals surface area contributed by atoms with E-state index < -0.39 is 0 Å². The zero-order valence-corrected chi connectivity index (χ0v) is 12.6. The predicted molar refractivity (Wildman–Crippen MR) is 83.8 cm³/mol. The van der Waals surface area contributed by atoms with Crippen molar-refractivity contribution in [1.82, 2.24) is 14.7 Å². The molecule has 114 valence electrons. The van der Waals surface area contributed by atoms with Crippen molar-refractivity contribution in [1.29, 1.82) is 0 Å². The highest BCUT2D eigenvalue weighted by Crippen LogP contribution is 2.07. The largest absolute Gasteiger partial charge is 0.445 e. The number of amides is 1. The molecule has 2 rings (SSSR count). The summed E-state index contributed by atoms with van der Waals surface area (Å²) in [5.74, 6) is 2.52. The van der Waals surface area contributed by atoms with Crippen LogP contribution in [0, 0.1) is 12.3 Å². The van der Waals surface area contributed by atoms with Crippen LogP contribution < -0.4 is 0 Å². The Kier molecular flexibility index (Phi) is 5.61. The number of carbonyl (C=O) groups excluding carboxylic acids is 1. The molecule has 0 spiro atoms. The second-order valence-electron chi connectivity index (χ2n) is 4.76. The average molecular weight is 297 g/mol. The molecule has 0 fully saturated rings. The second kappa shape index (κ2) is 7.89. The summed E-state index contributed by atoms with van der Waals surface area (Å²) in [6.07, 6.45) is 6.70. The Labute approximate surface area is 130 Å². The van der Waals surface area contributed by atoms with Crippen molar-refractivity contribution in [2.75, 3.05) is 6.54 Å². The summed E-state index contributed by atoms with van der Waals surface area (Å²) in [5, 5.41) is 4.31. The van der Waals surface area contributed by atoms with Crippen LogP contribution in [-0.2, 0) is 24.4 Å². The zero-order valence-electron chi connectivity index (χ0n) is 12.6. The van der Waals surface area contributed by atoms with Gasteiger partial charge in [0.05, 0.1) is 12.2 Å². The van der Waals surface area contributed by atoms with Crippen molar-refractivity contribution in [3.05, 3.63) is 53.9 Å². The molecule has 0 aliphatic carbocycles. The molecule has 0 saturated heterocycles. The smallest absolute Gasteiger partial charge is 0.410 e. The van der Waals surface area contributed by atoms with Crippen LogP contribution in [0.1, 0.15) is 18.2 Å². The summed E-state index contributed by atoms with van der Waals surface area (Å²) in [6.45, 7) is 3.55. The Morgan fingerprint density at radius 1 is 1.36 bits per heavy atom. The molecule has 0 radical (unpaired) electrons. The molecule has 2 aromatic rings. The first-order valence-electron chi connectivity index (χ1n) is 7.14. The van der Waals surface area contributed by atoms with E-state index in [1.807, 2.05) is 43.3 Å². The van der Waals surface area contributed by atoms with Crippen molar-refractivity contribution in [2.45, 2.75) is 26.6 Å². The highest BCUT2D eigenvalue weighted by Gasteiger charge is 2.15. The number of hydrogen-bond donors (Lipinski definition) is 0. The van der Waals surface area contributed by atoms with E-state index in [0.717, 1.165) is 11.3 Å². The number of benzene rings is 1. The van der Waals surface area contributed by atoms with Crippen LogP contribution in [0.2, 0.25) is 0 Å². The molecule has 1 aromatic heterocycles. The summed E-state index contributed by atoms with van der Waals surface area (Å²) in [5.41, 5.74) is 1.75. The van der Waals surface area contributed by atoms with Gasteiger partial charge in [0.2, 0.25) is 0 Å². The van der Waals surface area contributed by atoms with Crippen LogP contribution >= 0.6 is 0 Å². The molecule has 1 heterocycles. The third kappa shape index (κ3) is 4.38. The maximum atomic E-state index is 12.1. The van der Waals surface area contributed by atoms with Gasteiger partial charge >= 0.3 is 6.09 Å². The van der Waals surface area contributed by atoms with Gasteiger partial charge in [0, 0.05) is 12.7 Å². The summed E-state index contributed by atoms with van der Waals surface area (Å²) in [7, 11) is 0. The molecule has 0 aliphatic heterocycles. The lowest BCUT2D eigenvalue weighted by molar-refractivity contribution is 0.0951. The van der Waals surface area contributed by atoms with E-state index in [0.29, 0.717) is 19.6 Å². The molecule has 0 unspecified atom stereocenters. The molecule has 5 nitrogen and oxygen atoms in total. The van der Waals surface area contributed by atoms with Crippen LogP contribution in [-0.4, -0.2) is 27.3 Å². The van der Waals surface area contributed by atoms with Crippen molar-refractivity contribution in [3.63, 3.8) is 0 Å². The van der Waals surface area contributed by atoms with Crippen molar-refractivity contribution in [3.8, 4) is 12.3 Å². The Hall–Kier alpha value is -2.74. The minimum Gasteiger partial charge on any atom is -0.445 e. The maximum Gasteiger partial charge on any atom is 0.410 e. The summed E-state index contributed by atoms with van der Waals surface area (Å²) in [4.78, 5) is 13.7. The van der Waals surface area contributed by atoms with E-state index in [1.165, 1.54) is 0 Å². The van der Waals surface area contributed by atoms with Crippen molar-refractivity contribution in [2.24, 2.45) is 0 Å². The van der Waals surface area contributed by atoms with Gasteiger partial charge in [0.25, 0.3) is 0 Å². The van der Waals surface area contributed by atoms with Gasteiger partial charge in [-0.25, -0.2) is 4.79 Å². The van der Waals surface area contributed by atoms with Gasteiger partial charge in [-0.15, -0.1) is 6.42 Å². The van der Waals surface area contributed by atoms with E-state index in [9.17, 15) is 4.79 Å². The molecular formula is C17H19N3O2. The number of aromatic nitrogens is 2. The van der Waals surface area contributed by atoms with Crippen molar-refractivity contribution >= 4 is 6.09 Å². The molecule has 22 heavy (non-hydrogen) atoms. The third-order valence-electron chi connectivity index (χ3n) is 3.15. The number of ether oxygens (including phenoxy) is 1. The second-order valence-corrected chi connectivity index (χ2v) is 4.76. The fourth-order valence-corrected chi connectivity index (χ4v) is 1.98. The molecule has 0 bridgehead atoms. The van der Waals surface area contributed by atoms with Gasteiger partial charge in [0.15, 0.2) is 0 Å². The van der Waals surface area contributed by atoms with E-state index in [4.69, 9.17) is 11.2 Å². The predicted octanol–water partition coefficient (Wildman–Crippen LogP) is 2.68. The molecule has 0 N–H and O–H groups in total. The number of hydrogen-bond acceptors (Lipinski definition) is 3. The fourth-order valence-electron chi connectivity index (χ4n) is 1.98. The molecule has 5 heteroatoms. The lowest BCUT2D eigenvalue weighted by Gasteiger charge is -2.19. The van der Waals surface area contributed by atoms with Crippen molar-refractivity contribution < 1.29 is 9.53 Å². The van der Waals surface area contributed by atoms with Gasteiger partial charge in [-0.1, -0.05) is 36.3 Å². The van der Waals surface area contributed by atoms with Crippen LogP contribution in [0.25, 0.3) is 0 Å². The first-order valence-corrected chi connectivity index (χ1v) is 7.14. The summed E-state index contributed by atoms with van der Waals surface area (Å²) >= 11 is 0. The van der Waals surface area contributed by atoms with Gasteiger partial charge < -0.3 is 9.64 Å². The van der Waals surface area contributed by atoms with E-state index in [1.54, 1.807) is 15.8 Å². The normalized spacial score (nSPS) is 10.0. The summed E-state index contributed by atoms with van der Waals surface area (Å²) in [6, 6.07) is 11.5. The first kappa shape index (κ1) is 15.6. The molecular weight excluding hydrogens is 278 g/mol. The Morgan fingerprint density at radius 2 is 2.14 bits per heavy atom. The van der Waals surface area contributed by atoms with Gasteiger partial charge in [0.1, 0.15) is 13.2 Å². The lowest BCUT2D eigenvalue weighted by atomic mass is 10.2. The highest BCUT2D eigenvalue weighted by atomic mass is 16.6. The Balaban J connectivity index is 1.89. The van der Waals surface area contributed by atoms with Gasteiger partial charge in [-0.2, -0.15) is 5.10 Å². The average Bonchev–Trinajstić information content (AvgIpc) is 2.99. The summed E-state index contributed by atoms with van der Waals surface area (Å²) < 4.78 is 6.99. The van der Waals surface area contributed by atoms with Crippen LogP contribution in [0.15, 0.2) is 42.6 Å². The molecule has 1 amide bonds. The van der Waals surface area contributed by atoms with Crippen LogP contribution in [0.3, 0.4) is 0 Å². The minimum atomic E-state index is -0.349. The van der Waals surface area contributed by atoms with E-state index >= 15 is 0 Å².